The average molecular weight is 203 g/mol. The molecule has 1 nitrogen and oxygen atoms in total. The summed E-state index contributed by atoms with van der Waals surface area (Å²) in [6.07, 6.45) is 2.31. The highest BCUT2D eigenvalue weighted by atomic mass is 15.0. The molecule has 1 aliphatic heterocycles. The van der Waals surface area contributed by atoms with E-state index in [4.69, 9.17) is 0 Å². The fourth-order valence-corrected chi connectivity index (χ4v) is 2.83. The lowest BCUT2D eigenvalue weighted by Gasteiger charge is -2.35. The van der Waals surface area contributed by atoms with Crippen LogP contribution in [0.3, 0.4) is 0 Å². The molecule has 1 aromatic carbocycles. The molecular formula is C14H21N. The molecule has 0 amide bonds. The Labute approximate surface area is 92.9 Å². The number of benzene rings is 1. The molecule has 1 aliphatic rings. The second kappa shape index (κ2) is 3.64. The zero-order chi connectivity index (χ0) is 11.1. The van der Waals surface area contributed by atoms with Gasteiger partial charge in [0.15, 0.2) is 0 Å². The van der Waals surface area contributed by atoms with Crippen molar-refractivity contribution in [1.82, 2.24) is 5.32 Å². The van der Waals surface area contributed by atoms with Gasteiger partial charge >= 0.3 is 0 Å². The van der Waals surface area contributed by atoms with Gasteiger partial charge in [0.1, 0.15) is 0 Å². The van der Waals surface area contributed by atoms with Crippen LogP contribution in [0, 0.1) is 6.92 Å². The van der Waals surface area contributed by atoms with Crippen molar-refractivity contribution in [1.29, 1.82) is 0 Å². The smallest absolute Gasteiger partial charge is 0.0382 e. The van der Waals surface area contributed by atoms with Crippen LogP contribution in [-0.4, -0.2) is 6.54 Å². The molecule has 0 atom stereocenters. The highest BCUT2D eigenvalue weighted by Crippen LogP contribution is 2.31. The number of nitrogens with one attached hydrogen (secondary N) is 1. The molecule has 0 aromatic heterocycles. The van der Waals surface area contributed by atoms with E-state index in [0.717, 1.165) is 13.0 Å². The summed E-state index contributed by atoms with van der Waals surface area (Å²) in [6.45, 7) is 10.1. The number of aryl methyl sites for hydroxylation is 2. The van der Waals surface area contributed by atoms with Crippen molar-refractivity contribution >= 4 is 0 Å². The van der Waals surface area contributed by atoms with Crippen LogP contribution in [0.5, 0.6) is 0 Å². The van der Waals surface area contributed by atoms with Crippen molar-refractivity contribution in [3.63, 3.8) is 0 Å². The Morgan fingerprint density at radius 2 is 2.07 bits per heavy atom. The molecule has 0 saturated heterocycles. The van der Waals surface area contributed by atoms with E-state index in [1.165, 1.54) is 23.1 Å². The molecule has 1 N–H and O–H groups in total. The third kappa shape index (κ3) is 1.81. The lowest BCUT2D eigenvalue weighted by Crippen LogP contribution is -2.43. The van der Waals surface area contributed by atoms with Gasteiger partial charge in [0.25, 0.3) is 0 Å². The quantitative estimate of drug-likeness (QED) is 0.740. The van der Waals surface area contributed by atoms with E-state index in [2.05, 4.69) is 45.1 Å². The van der Waals surface area contributed by atoms with E-state index in [1.807, 2.05) is 0 Å². The largest absolute Gasteiger partial charge is 0.307 e. The van der Waals surface area contributed by atoms with Crippen LogP contribution < -0.4 is 5.32 Å². The number of fused-ring (bicyclic) bond motifs is 1. The number of hydrogen-bond acceptors (Lipinski definition) is 1. The molecule has 0 fully saturated rings. The van der Waals surface area contributed by atoms with E-state index in [-0.39, 0.29) is 5.54 Å². The van der Waals surface area contributed by atoms with Gasteiger partial charge in [0, 0.05) is 5.54 Å². The van der Waals surface area contributed by atoms with Gasteiger partial charge in [0.2, 0.25) is 0 Å². The first kappa shape index (κ1) is 10.7. The molecule has 0 spiro atoms. The van der Waals surface area contributed by atoms with Crippen molar-refractivity contribution < 1.29 is 0 Å². The Kier molecular flexibility index (Phi) is 2.59. The summed E-state index contributed by atoms with van der Waals surface area (Å²) < 4.78 is 0. The maximum Gasteiger partial charge on any atom is 0.0382 e. The molecule has 0 unspecified atom stereocenters. The third-order valence-corrected chi connectivity index (χ3v) is 3.47. The highest BCUT2D eigenvalue weighted by Gasteiger charge is 2.28. The summed E-state index contributed by atoms with van der Waals surface area (Å²) in [5.41, 5.74) is 6.14. The zero-order valence-electron chi connectivity index (χ0n) is 10.3. The van der Waals surface area contributed by atoms with Crippen molar-refractivity contribution in [3.05, 3.63) is 34.4 Å². The Morgan fingerprint density at radius 1 is 1.33 bits per heavy atom. The molecule has 82 valence electrons. The molecule has 15 heavy (non-hydrogen) atoms. The van der Waals surface area contributed by atoms with Crippen LogP contribution in [0.2, 0.25) is 0 Å². The summed E-state index contributed by atoms with van der Waals surface area (Å²) in [7, 11) is 0. The van der Waals surface area contributed by atoms with Gasteiger partial charge in [-0.3, -0.25) is 0 Å². The van der Waals surface area contributed by atoms with Gasteiger partial charge < -0.3 is 5.32 Å². The van der Waals surface area contributed by atoms with Crippen molar-refractivity contribution in [2.75, 3.05) is 6.54 Å². The van der Waals surface area contributed by atoms with Gasteiger partial charge in [-0.2, -0.15) is 0 Å². The molecule has 1 heteroatoms. The SMILES string of the molecule is CCc1cc(C)c2c(c1)CCNC2(C)C. The first-order valence-corrected chi connectivity index (χ1v) is 5.92. The van der Waals surface area contributed by atoms with Gasteiger partial charge in [0.05, 0.1) is 0 Å². The minimum atomic E-state index is 0.143. The Bertz CT molecular complexity index is 377. The summed E-state index contributed by atoms with van der Waals surface area (Å²) in [6, 6.07) is 4.73. The predicted octanol–water partition coefficient (Wildman–Crippen LogP) is 2.94. The maximum absolute atomic E-state index is 3.59. The lowest BCUT2D eigenvalue weighted by atomic mass is 9.81. The Morgan fingerprint density at radius 3 is 2.73 bits per heavy atom. The molecule has 0 saturated carbocycles. The Hall–Kier alpha value is -0.820. The predicted molar refractivity (Wildman–Crippen MR) is 65.3 cm³/mol. The van der Waals surface area contributed by atoms with Crippen LogP contribution >= 0.6 is 0 Å². The van der Waals surface area contributed by atoms with Crippen LogP contribution in [-0.2, 0) is 18.4 Å². The standard InChI is InChI=1S/C14H21N/c1-5-11-8-10(2)13-12(9-11)6-7-15-14(13,3)4/h8-9,15H,5-7H2,1-4H3. The van der Waals surface area contributed by atoms with Gasteiger partial charge in [-0.1, -0.05) is 19.1 Å². The minimum Gasteiger partial charge on any atom is -0.307 e. The molecule has 0 aliphatic carbocycles. The van der Waals surface area contributed by atoms with Gasteiger partial charge in [-0.05, 0) is 62.4 Å². The normalized spacial score (nSPS) is 18.7. The van der Waals surface area contributed by atoms with Crippen molar-refractivity contribution in [3.8, 4) is 0 Å². The van der Waals surface area contributed by atoms with Crippen molar-refractivity contribution in [2.45, 2.75) is 46.1 Å². The van der Waals surface area contributed by atoms with Crippen LogP contribution in [0.25, 0.3) is 0 Å². The average Bonchev–Trinajstić information content (AvgIpc) is 2.15. The molecule has 1 aromatic rings. The van der Waals surface area contributed by atoms with E-state index in [1.54, 1.807) is 5.56 Å². The van der Waals surface area contributed by atoms with Crippen LogP contribution in [0.4, 0.5) is 0 Å². The topological polar surface area (TPSA) is 12.0 Å². The summed E-state index contributed by atoms with van der Waals surface area (Å²) in [5, 5.41) is 3.59. The van der Waals surface area contributed by atoms with Crippen LogP contribution in [0.1, 0.15) is 43.0 Å². The monoisotopic (exact) mass is 203 g/mol. The molecular weight excluding hydrogens is 182 g/mol. The minimum absolute atomic E-state index is 0.143. The number of hydrogen-bond donors (Lipinski definition) is 1. The van der Waals surface area contributed by atoms with E-state index in [9.17, 15) is 0 Å². The lowest BCUT2D eigenvalue weighted by molar-refractivity contribution is 0.380. The summed E-state index contributed by atoms with van der Waals surface area (Å²) in [4.78, 5) is 0. The van der Waals surface area contributed by atoms with Crippen molar-refractivity contribution in [2.24, 2.45) is 0 Å². The first-order chi connectivity index (χ1) is 7.04. The second-order valence-electron chi connectivity index (χ2n) is 5.10. The van der Waals surface area contributed by atoms with E-state index < -0.39 is 0 Å². The first-order valence-electron chi connectivity index (χ1n) is 5.92. The molecule has 0 bridgehead atoms. The third-order valence-electron chi connectivity index (χ3n) is 3.47. The molecule has 1 heterocycles. The summed E-state index contributed by atoms with van der Waals surface area (Å²) in [5.74, 6) is 0. The van der Waals surface area contributed by atoms with Crippen LogP contribution in [0.15, 0.2) is 12.1 Å². The highest BCUT2D eigenvalue weighted by molar-refractivity contribution is 5.44. The fraction of sp³-hybridized carbons (Fsp3) is 0.571. The molecule has 0 radical (unpaired) electrons. The fourth-order valence-electron chi connectivity index (χ4n) is 2.83. The zero-order valence-corrected chi connectivity index (χ0v) is 10.3. The van der Waals surface area contributed by atoms with Gasteiger partial charge in [-0.15, -0.1) is 0 Å². The summed E-state index contributed by atoms with van der Waals surface area (Å²) >= 11 is 0. The molecule has 2 rings (SSSR count). The Balaban J connectivity index is 2.58. The maximum atomic E-state index is 3.59. The second-order valence-corrected chi connectivity index (χ2v) is 5.10. The van der Waals surface area contributed by atoms with Gasteiger partial charge in [-0.25, -0.2) is 0 Å². The van der Waals surface area contributed by atoms with E-state index >= 15 is 0 Å². The van der Waals surface area contributed by atoms with E-state index in [0.29, 0.717) is 0 Å². The number of rotatable bonds is 1.